The van der Waals surface area contributed by atoms with Crippen molar-refractivity contribution in [1.82, 2.24) is 0 Å². The van der Waals surface area contributed by atoms with E-state index in [1.165, 1.54) is 0 Å². The quantitative estimate of drug-likeness (QED) is 0.591. The summed E-state index contributed by atoms with van der Waals surface area (Å²) in [4.78, 5) is 0. The van der Waals surface area contributed by atoms with Gasteiger partial charge in [0.2, 0.25) is 0 Å². The van der Waals surface area contributed by atoms with E-state index in [0.717, 1.165) is 0 Å². The SMILES string of the molecule is CC(C)COC[C@@H](O)CCN. The van der Waals surface area contributed by atoms with Crippen LogP contribution in [-0.4, -0.2) is 31.0 Å². The number of aliphatic hydroxyl groups excluding tert-OH is 1. The van der Waals surface area contributed by atoms with Crippen molar-refractivity contribution in [3.05, 3.63) is 0 Å². The minimum Gasteiger partial charge on any atom is -0.391 e. The van der Waals surface area contributed by atoms with Crippen LogP contribution in [0.3, 0.4) is 0 Å². The van der Waals surface area contributed by atoms with Crippen LogP contribution in [0.15, 0.2) is 0 Å². The third kappa shape index (κ3) is 7.78. The van der Waals surface area contributed by atoms with Gasteiger partial charge in [-0.25, -0.2) is 0 Å². The van der Waals surface area contributed by atoms with Crippen LogP contribution in [0.2, 0.25) is 0 Å². The summed E-state index contributed by atoms with van der Waals surface area (Å²) in [6, 6.07) is 0. The van der Waals surface area contributed by atoms with Gasteiger partial charge in [0.1, 0.15) is 0 Å². The summed E-state index contributed by atoms with van der Waals surface area (Å²) in [5.74, 6) is 0.528. The van der Waals surface area contributed by atoms with Gasteiger partial charge in [0, 0.05) is 6.61 Å². The van der Waals surface area contributed by atoms with E-state index in [4.69, 9.17) is 15.6 Å². The standard InChI is InChI=1S/C8H19NO2/c1-7(2)5-11-6-8(10)3-4-9/h7-8,10H,3-6,9H2,1-2H3/t8-/m0/s1. The van der Waals surface area contributed by atoms with Crippen molar-refractivity contribution >= 4 is 0 Å². The van der Waals surface area contributed by atoms with Gasteiger partial charge in [-0.05, 0) is 18.9 Å². The second-order valence-electron chi connectivity index (χ2n) is 3.16. The van der Waals surface area contributed by atoms with Crippen LogP contribution in [0.5, 0.6) is 0 Å². The van der Waals surface area contributed by atoms with Gasteiger partial charge in [-0.2, -0.15) is 0 Å². The number of hydrogen-bond donors (Lipinski definition) is 2. The molecule has 3 heteroatoms. The predicted molar refractivity (Wildman–Crippen MR) is 45.3 cm³/mol. The van der Waals surface area contributed by atoms with Gasteiger partial charge in [-0.3, -0.25) is 0 Å². The molecular weight excluding hydrogens is 142 g/mol. The van der Waals surface area contributed by atoms with E-state index in [0.29, 0.717) is 32.1 Å². The molecule has 0 rings (SSSR count). The normalized spacial score (nSPS) is 13.9. The molecule has 0 heterocycles. The molecule has 0 aliphatic carbocycles. The zero-order valence-electron chi connectivity index (χ0n) is 7.42. The molecular formula is C8H19NO2. The summed E-state index contributed by atoms with van der Waals surface area (Å²) in [6.45, 7) is 5.80. The summed E-state index contributed by atoms with van der Waals surface area (Å²) >= 11 is 0. The molecule has 0 bridgehead atoms. The molecule has 0 saturated heterocycles. The molecule has 1 atom stereocenters. The summed E-state index contributed by atoms with van der Waals surface area (Å²) in [6.07, 6.45) is 0.233. The maximum atomic E-state index is 9.16. The number of rotatable bonds is 6. The van der Waals surface area contributed by atoms with E-state index in [1.54, 1.807) is 0 Å². The van der Waals surface area contributed by atoms with Gasteiger partial charge >= 0.3 is 0 Å². The van der Waals surface area contributed by atoms with Gasteiger partial charge < -0.3 is 15.6 Å². The Morgan fingerprint density at radius 3 is 2.45 bits per heavy atom. The number of nitrogens with two attached hydrogens (primary N) is 1. The Hall–Kier alpha value is -0.120. The van der Waals surface area contributed by atoms with E-state index < -0.39 is 6.10 Å². The first kappa shape index (κ1) is 10.9. The molecule has 11 heavy (non-hydrogen) atoms. The van der Waals surface area contributed by atoms with E-state index in [1.807, 2.05) is 0 Å². The van der Waals surface area contributed by atoms with E-state index in [9.17, 15) is 0 Å². The molecule has 0 saturated carbocycles. The van der Waals surface area contributed by atoms with Gasteiger partial charge in [0.25, 0.3) is 0 Å². The monoisotopic (exact) mass is 161 g/mol. The first-order chi connectivity index (χ1) is 5.16. The van der Waals surface area contributed by atoms with E-state index in [-0.39, 0.29) is 0 Å². The van der Waals surface area contributed by atoms with Crippen LogP contribution >= 0.6 is 0 Å². The minimum atomic E-state index is -0.390. The molecule has 3 nitrogen and oxygen atoms in total. The van der Waals surface area contributed by atoms with Crippen molar-refractivity contribution in [3.63, 3.8) is 0 Å². The largest absolute Gasteiger partial charge is 0.391 e. The second kappa shape index (κ2) is 6.58. The Morgan fingerprint density at radius 1 is 1.36 bits per heavy atom. The molecule has 0 fully saturated rings. The average Bonchev–Trinajstić information content (AvgIpc) is 1.87. The summed E-state index contributed by atoms with van der Waals surface area (Å²) < 4.78 is 5.20. The summed E-state index contributed by atoms with van der Waals surface area (Å²) in [5, 5.41) is 9.16. The molecule has 0 aliphatic heterocycles. The smallest absolute Gasteiger partial charge is 0.0785 e. The minimum absolute atomic E-state index is 0.390. The van der Waals surface area contributed by atoms with Crippen molar-refractivity contribution in [1.29, 1.82) is 0 Å². The average molecular weight is 161 g/mol. The number of aliphatic hydroxyl groups is 1. The number of hydrogen-bond acceptors (Lipinski definition) is 3. The Kier molecular flexibility index (Phi) is 6.51. The van der Waals surface area contributed by atoms with Crippen LogP contribution in [0.25, 0.3) is 0 Å². The van der Waals surface area contributed by atoms with Gasteiger partial charge in [-0.1, -0.05) is 13.8 Å². The fourth-order valence-corrected chi connectivity index (χ4v) is 0.716. The highest BCUT2D eigenvalue weighted by Crippen LogP contribution is 1.95. The molecule has 0 aliphatic rings. The van der Waals surface area contributed by atoms with Crippen LogP contribution in [0, 0.1) is 5.92 Å². The second-order valence-corrected chi connectivity index (χ2v) is 3.16. The molecule has 0 amide bonds. The molecule has 0 spiro atoms. The van der Waals surface area contributed by atoms with Crippen LogP contribution in [0.1, 0.15) is 20.3 Å². The lowest BCUT2D eigenvalue weighted by molar-refractivity contribution is 0.0232. The lowest BCUT2D eigenvalue weighted by Gasteiger charge is -2.10. The summed E-state index contributed by atoms with van der Waals surface area (Å²) in [5.41, 5.74) is 5.25. The zero-order valence-corrected chi connectivity index (χ0v) is 7.42. The topological polar surface area (TPSA) is 55.5 Å². The highest BCUT2D eigenvalue weighted by Gasteiger charge is 2.02. The zero-order chi connectivity index (χ0) is 8.69. The third-order valence-corrected chi connectivity index (χ3v) is 1.26. The summed E-state index contributed by atoms with van der Waals surface area (Å²) in [7, 11) is 0. The van der Waals surface area contributed by atoms with Gasteiger partial charge in [0.15, 0.2) is 0 Å². The van der Waals surface area contributed by atoms with Crippen LogP contribution in [0.4, 0.5) is 0 Å². The third-order valence-electron chi connectivity index (χ3n) is 1.26. The lowest BCUT2D eigenvalue weighted by atomic mass is 10.2. The van der Waals surface area contributed by atoms with Crippen molar-refractivity contribution in [2.75, 3.05) is 19.8 Å². The number of ether oxygens (including phenoxy) is 1. The Labute approximate surface area is 68.5 Å². The highest BCUT2D eigenvalue weighted by atomic mass is 16.5. The van der Waals surface area contributed by atoms with E-state index in [2.05, 4.69) is 13.8 Å². The molecule has 0 radical (unpaired) electrons. The fraction of sp³-hybridized carbons (Fsp3) is 1.00. The van der Waals surface area contributed by atoms with Crippen molar-refractivity contribution in [3.8, 4) is 0 Å². The molecule has 0 aromatic heterocycles. The predicted octanol–water partition coefficient (Wildman–Crippen LogP) is 0.369. The van der Waals surface area contributed by atoms with Crippen molar-refractivity contribution in [2.45, 2.75) is 26.4 Å². The molecule has 3 N–H and O–H groups in total. The fourth-order valence-electron chi connectivity index (χ4n) is 0.716. The first-order valence-electron chi connectivity index (χ1n) is 4.12. The Bertz CT molecular complexity index is 86.2. The molecule has 68 valence electrons. The molecule has 0 aromatic rings. The van der Waals surface area contributed by atoms with Crippen LogP contribution < -0.4 is 5.73 Å². The van der Waals surface area contributed by atoms with E-state index >= 15 is 0 Å². The lowest BCUT2D eigenvalue weighted by Crippen LogP contribution is -2.20. The maximum absolute atomic E-state index is 9.16. The Balaban J connectivity index is 3.10. The van der Waals surface area contributed by atoms with Gasteiger partial charge in [0.05, 0.1) is 12.7 Å². The van der Waals surface area contributed by atoms with Crippen molar-refractivity contribution < 1.29 is 9.84 Å². The van der Waals surface area contributed by atoms with Crippen LogP contribution in [-0.2, 0) is 4.74 Å². The highest BCUT2D eigenvalue weighted by molar-refractivity contribution is 4.53. The van der Waals surface area contributed by atoms with Gasteiger partial charge in [-0.15, -0.1) is 0 Å². The molecule has 0 aromatic carbocycles. The van der Waals surface area contributed by atoms with Crippen molar-refractivity contribution in [2.24, 2.45) is 11.7 Å². The molecule has 0 unspecified atom stereocenters. The Morgan fingerprint density at radius 2 is 2.00 bits per heavy atom. The first-order valence-corrected chi connectivity index (χ1v) is 4.12. The maximum Gasteiger partial charge on any atom is 0.0785 e.